The van der Waals surface area contributed by atoms with E-state index < -0.39 is 0 Å². The minimum absolute atomic E-state index is 1.07. The second-order valence-electron chi connectivity index (χ2n) is 5.84. The molecule has 0 amide bonds. The number of aromatic nitrogens is 3. The number of hydrogen-bond acceptors (Lipinski definition) is 1. The molecule has 5 rings (SSSR count). The fourth-order valence-electron chi connectivity index (χ4n) is 3.38. The maximum atomic E-state index is 4.35. The Morgan fingerprint density at radius 3 is 2.25 bits per heavy atom. The third-order valence-corrected chi connectivity index (χ3v) is 4.44. The van der Waals surface area contributed by atoms with Gasteiger partial charge in [0.1, 0.15) is 0 Å². The Kier molecular flexibility index (Phi) is 2.79. The highest BCUT2D eigenvalue weighted by Crippen LogP contribution is 2.32. The van der Waals surface area contributed by atoms with E-state index in [0.717, 1.165) is 5.69 Å². The molecule has 2 aromatic heterocycles. The van der Waals surface area contributed by atoms with Gasteiger partial charge in [-0.15, -0.1) is 0 Å². The predicted molar refractivity (Wildman–Crippen MR) is 97.9 cm³/mol. The van der Waals surface area contributed by atoms with Gasteiger partial charge in [0.15, 0.2) is 0 Å². The van der Waals surface area contributed by atoms with Gasteiger partial charge in [-0.3, -0.25) is 0 Å². The molecule has 114 valence electrons. The van der Waals surface area contributed by atoms with Crippen molar-refractivity contribution in [2.75, 3.05) is 0 Å². The van der Waals surface area contributed by atoms with Crippen molar-refractivity contribution < 1.29 is 0 Å². The van der Waals surface area contributed by atoms with Gasteiger partial charge in [-0.2, -0.15) is 5.10 Å². The van der Waals surface area contributed by atoms with Crippen LogP contribution in [0.1, 0.15) is 0 Å². The van der Waals surface area contributed by atoms with Gasteiger partial charge in [-0.05, 0) is 42.5 Å². The van der Waals surface area contributed by atoms with Crippen LogP contribution in [0.5, 0.6) is 0 Å². The third-order valence-electron chi connectivity index (χ3n) is 4.44. The molecular formula is C21H15N3. The molecule has 0 aliphatic carbocycles. The smallest absolute Gasteiger partial charge is 0.0653 e. The van der Waals surface area contributed by atoms with Crippen LogP contribution in [0.3, 0.4) is 0 Å². The van der Waals surface area contributed by atoms with E-state index >= 15 is 0 Å². The highest BCUT2D eigenvalue weighted by atomic mass is 15.3. The van der Waals surface area contributed by atoms with Crippen LogP contribution in [-0.4, -0.2) is 14.3 Å². The summed E-state index contributed by atoms with van der Waals surface area (Å²) < 4.78 is 4.21. The van der Waals surface area contributed by atoms with Crippen molar-refractivity contribution in [3.8, 4) is 11.4 Å². The van der Waals surface area contributed by atoms with Crippen molar-refractivity contribution in [1.29, 1.82) is 0 Å². The molecule has 24 heavy (non-hydrogen) atoms. The molecule has 0 aliphatic rings. The molecule has 0 aliphatic heterocycles. The average Bonchev–Trinajstić information content (AvgIpc) is 3.28. The van der Waals surface area contributed by atoms with Gasteiger partial charge in [-0.25, -0.2) is 4.68 Å². The molecule has 2 heterocycles. The molecule has 3 aromatic carbocycles. The molecule has 5 aromatic rings. The second-order valence-corrected chi connectivity index (χ2v) is 5.84. The Bertz CT molecular complexity index is 1140. The molecular weight excluding hydrogens is 294 g/mol. The van der Waals surface area contributed by atoms with Gasteiger partial charge in [0.25, 0.3) is 0 Å². The van der Waals surface area contributed by atoms with Crippen molar-refractivity contribution in [3.05, 3.63) is 91.3 Å². The largest absolute Gasteiger partial charge is 0.309 e. The van der Waals surface area contributed by atoms with Crippen molar-refractivity contribution in [2.45, 2.75) is 0 Å². The minimum atomic E-state index is 1.07. The summed E-state index contributed by atoms with van der Waals surface area (Å²) >= 11 is 0. The molecule has 0 radical (unpaired) electrons. The third kappa shape index (κ3) is 1.88. The van der Waals surface area contributed by atoms with Gasteiger partial charge in [0.2, 0.25) is 0 Å². The van der Waals surface area contributed by atoms with Crippen molar-refractivity contribution >= 4 is 21.8 Å². The van der Waals surface area contributed by atoms with Crippen LogP contribution in [0.25, 0.3) is 33.2 Å². The Hall–Kier alpha value is -3.33. The standard InChI is InChI=1S/C21H15N3/c1-2-7-16(8-3-1)24-20-10-5-4-9-18(20)19-15-17(11-12-21(19)24)23-14-6-13-22-23/h1-15H. The fourth-order valence-corrected chi connectivity index (χ4v) is 3.38. The molecule has 3 nitrogen and oxygen atoms in total. The Balaban J connectivity index is 1.89. The first-order valence-corrected chi connectivity index (χ1v) is 8.00. The van der Waals surface area contributed by atoms with Crippen LogP contribution in [0.15, 0.2) is 91.3 Å². The molecule has 0 saturated carbocycles. The summed E-state index contributed by atoms with van der Waals surface area (Å²) in [5, 5.41) is 6.84. The first-order valence-electron chi connectivity index (χ1n) is 8.00. The zero-order valence-electron chi connectivity index (χ0n) is 13.0. The van der Waals surface area contributed by atoms with Gasteiger partial charge >= 0.3 is 0 Å². The number of fused-ring (bicyclic) bond motifs is 3. The lowest BCUT2D eigenvalue weighted by Gasteiger charge is -2.07. The Morgan fingerprint density at radius 1 is 0.625 bits per heavy atom. The number of nitrogens with zero attached hydrogens (tertiary/aromatic N) is 3. The average molecular weight is 309 g/mol. The summed E-state index contributed by atoms with van der Waals surface area (Å²) in [6, 6.07) is 27.5. The zero-order chi connectivity index (χ0) is 15.9. The first kappa shape index (κ1) is 13.1. The van der Waals surface area contributed by atoms with Gasteiger partial charge < -0.3 is 4.57 Å². The normalized spacial score (nSPS) is 11.3. The summed E-state index contributed by atoms with van der Waals surface area (Å²) in [6.45, 7) is 0. The van der Waals surface area contributed by atoms with Crippen LogP contribution in [0.2, 0.25) is 0 Å². The lowest BCUT2D eigenvalue weighted by atomic mass is 10.1. The maximum absolute atomic E-state index is 4.35. The number of benzene rings is 3. The number of para-hydroxylation sites is 2. The highest BCUT2D eigenvalue weighted by Gasteiger charge is 2.12. The highest BCUT2D eigenvalue weighted by molar-refractivity contribution is 6.09. The lowest BCUT2D eigenvalue weighted by molar-refractivity contribution is 0.882. The molecule has 0 N–H and O–H groups in total. The van der Waals surface area contributed by atoms with Crippen LogP contribution in [-0.2, 0) is 0 Å². The van der Waals surface area contributed by atoms with E-state index in [-0.39, 0.29) is 0 Å². The van der Waals surface area contributed by atoms with Gasteiger partial charge in [0, 0.05) is 28.9 Å². The second kappa shape index (κ2) is 5.10. The summed E-state index contributed by atoms with van der Waals surface area (Å²) in [6.07, 6.45) is 3.77. The number of rotatable bonds is 2. The topological polar surface area (TPSA) is 22.8 Å². The van der Waals surface area contributed by atoms with Crippen LogP contribution >= 0.6 is 0 Å². The Morgan fingerprint density at radius 2 is 1.42 bits per heavy atom. The Labute approximate surface area is 139 Å². The van der Waals surface area contributed by atoms with Crippen molar-refractivity contribution in [1.82, 2.24) is 14.3 Å². The maximum Gasteiger partial charge on any atom is 0.0653 e. The van der Waals surface area contributed by atoms with Crippen molar-refractivity contribution in [3.63, 3.8) is 0 Å². The quantitative estimate of drug-likeness (QED) is 0.451. The van der Waals surface area contributed by atoms with Crippen LogP contribution < -0.4 is 0 Å². The van der Waals surface area contributed by atoms with E-state index in [1.807, 2.05) is 23.0 Å². The summed E-state index contributed by atoms with van der Waals surface area (Å²) in [4.78, 5) is 0. The molecule has 0 bridgehead atoms. The fraction of sp³-hybridized carbons (Fsp3) is 0. The summed E-state index contributed by atoms with van der Waals surface area (Å²) in [5.74, 6) is 0. The van der Waals surface area contributed by atoms with Crippen LogP contribution in [0, 0.1) is 0 Å². The molecule has 0 fully saturated rings. The van der Waals surface area contributed by atoms with Crippen molar-refractivity contribution in [2.24, 2.45) is 0 Å². The van der Waals surface area contributed by atoms with E-state index in [9.17, 15) is 0 Å². The molecule has 0 spiro atoms. The SMILES string of the molecule is c1ccc(-n2c3ccccc3c3cc(-n4cccn4)ccc32)cc1. The summed E-state index contributed by atoms with van der Waals surface area (Å²) in [7, 11) is 0. The summed E-state index contributed by atoms with van der Waals surface area (Å²) in [5.41, 5.74) is 4.67. The molecule has 0 unspecified atom stereocenters. The minimum Gasteiger partial charge on any atom is -0.309 e. The van der Waals surface area contributed by atoms with E-state index in [0.29, 0.717) is 0 Å². The molecule has 0 atom stereocenters. The van der Waals surface area contributed by atoms with E-state index in [4.69, 9.17) is 0 Å². The van der Waals surface area contributed by atoms with Gasteiger partial charge in [-0.1, -0.05) is 36.4 Å². The number of hydrogen-bond donors (Lipinski definition) is 0. The predicted octanol–water partition coefficient (Wildman–Crippen LogP) is 4.97. The van der Waals surface area contributed by atoms with Crippen LogP contribution in [0.4, 0.5) is 0 Å². The monoisotopic (exact) mass is 309 g/mol. The zero-order valence-corrected chi connectivity index (χ0v) is 13.0. The van der Waals surface area contributed by atoms with E-state index in [2.05, 4.69) is 76.4 Å². The van der Waals surface area contributed by atoms with E-state index in [1.165, 1.54) is 27.5 Å². The van der Waals surface area contributed by atoms with Gasteiger partial charge in [0.05, 0.1) is 16.7 Å². The molecule has 0 saturated heterocycles. The lowest BCUT2D eigenvalue weighted by Crippen LogP contribution is -1.95. The molecule has 3 heteroatoms. The van der Waals surface area contributed by atoms with E-state index in [1.54, 1.807) is 6.20 Å². The first-order chi connectivity index (χ1) is 11.9.